The minimum Gasteiger partial charge on any atom is -0.399 e. The third kappa shape index (κ3) is 2.90. The molecule has 1 unspecified atom stereocenters. The lowest BCUT2D eigenvalue weighted by Gasteiger charge is -2.17. The largest absolute Gasteiger partial charge is 0.422 e. The van der Waals surface area contributed by atoms with Crippen LogP contribution in [0, 0.1) is 0 Å². The van der Waals surface area contributed by atoms with Gasteiger partial charge in [0.2, 0.25) is 0 Å². The van der Waals surface area contributed by atoms with Crippen molar-refractivity contribution in [3.05, 3.63) is 42.5 Å². The predicted molar refractivity (Wildman–Crippen MR) is 102 cm³/mol. The molecule has 134 valence electrons. The summed E-state index contributed by atoms with van der Waals surface area (Å²) >= 11 is 0. The lowest BCUT2D eigenvalue weighted by atomic mass is 10.2. The van der Waals surface area contributed by atoms with Crippen molar-refractivity contribution in [3.63, 3.8) is 0 Å². The van der Waals surface area contributed by atoms with Gasteiger partial charge in [-0.15, -0.1) is 0 Å². The van der Waals surface area contributed by atoms with Gasteiger partial charge in [0.1, 0.15) is 16.7 Å². The molecule has 2 heterocycles. The Hall–Kier alpha value is -2.93. The van der Waals surface area contributed by atoms with E-state index in [1.54, 1.807) is 0 Å². The summed E-state index contributed by atoms with van der Waals surface area (Å²) in [6, 6.07) is 13.8. The highest BCUT2D eigenvalue weighted by Crippen LogP contribution is 2.25. The van der Waals surface area contributed by atoms with Crippen molar-refractivity contribution in [2.75, 3.05) is 23.7 Å². The number of nitrogen functional groups attached to an aromatic ring is 1. The van der Waals surface area contributed by atoms with Gasteiger partial charge in [-0.1, -0.05) is 5.11 Å². The first-order chi connectivity index (χ1) is 12.5. The highest BCUT2D eigenvalue weighted by Gasteiger charge is 2.21. The molecule has 3 N–H and O–H groups in total. The van der Waals surface area contributed by atoms with Gasteiger partial charge in [-0.05, 0) is 42.8 Å². The normalized spacial score (nSPS) is 17.7. The molecule has 4 rings (SSSR count). The Morgan fingerprint density at radius 2 is 1.92 bits per heavy atom. The Balaban J connectivity index is 1.59. The minimum atomic E-state index is -0.227. The molecule has 0 saturated carbocycles. The van der Waals surface area contributed by atoms with Crippen LogP contribution < -0.4 is 15.2 Å². The van der Waals surface area contributed by atoms with Crippen LogP contribution in [-0.2, 0) is 14.1 Å². The second-order valence-corrected chi connectivity index (χ2v) is 6.77. The lowest BCUT2D eigenvalue weighted by Crippen LogP contribution is -2.26. The number of β-amino-alcohol motifs (C(OH)–C–C–N with tert-alkyl or cyclic N) is 1. The summed E-state index contributed by atoms with van der Waals surface area (Å²) in [6.07, 6.45) is 0.596. The average molecular weight is 351 g/mol. The zero-order chi connectivity index (χ0) is 18.3. The van der Waals surface area contributed by atoms with E-state index in [-0.39, 0.29) is 6.10 Å². The predicted octanol–water partition coefficient (Wildman–Crippen LogP) is 2.57. The number of fused-ring (bicyclic) bond motifs is 1. The van der Waals surface area contributed by atoms with Crippen molar-refractivity contribution >= 4 is 34.0 Å². The highest BCUT2D eigenvalue weighted by atomic mass is 16.3. The zero-order valence-corrected chi connectivity index (χ0v) is 15.0. The highest BCUT2D eigenvalue weighted by molar-refractivity contribution is 5.77. The van der Waals surface area contributed by atoms with Gasteiger partial charge in [-0.3, -0.25) is 0 Å². The maximum absolute atomic E-state index is 9.67. The van der Waals surface area contributed by atoms with Crippen LogP contribution in [0.3, 0.4) is 0 Å². The maximum atomic E-state index is 9.67. The number of anilines is 2. The van der Waals surface area contributed by atoms with E-state index in [0.717, 1.165) is 47.0 Å². The summed E-state index contributed by atoms with van der Waals surface area (Å²) in [5, 5.41) is 18.5. The Morgan fingerprint density at radius 1 is 1.15 bits per heavy atom. The molecule has 7 heteroatoms. The number of aliphatic hydroxyl groups excluding tert-OH is 1. The summed E-state index contributed by atoms with van der Waals surface area (Å²) in [4.78, 5) is 2.18. The molecule has 0 bridgehead atoms. The molecule has 1 fully saturated rings. The van der Waals surface area contributed by atoms with E-state index in [0.29, 0.717) is 6.54 Å². The maximum Gasteiger partial charge on any atom is 0.422 e. The molecule has 7 nitrogen and oxygen atoms in total. The number of azo groups is 1. The Bertz CT molecular complexity index is 976. The third-order valence-corrected chi connectivity index (χ3v) is 4.96. The summed E-state index contributed by atoms with van der Waals surface area (Å²) in [5.41, 5.74) is 10.6. The van der Waals surface area contributed by atoms with E-state index in [4.69, 9.17) is 5.73 Å². The molecule has 1 atom stereocenters. The van der Waals surface area contributed by atoms with Crippen LogP contribution in [0.4, 0.5) is 23.0 Å². The Morgan fingerprint density at radius 3 is 2.62 bits per heavy atom. The average Bonchev–Trinajstić information content (AvgIpc) is 3.16. The van der Waals surface area contributed by atoms with Crippen molar-refractivity contribution in [1.82, 2.24) is 4.57 Å². The Labute approximate surface area is 152 Å². The molecule has 1 aliphatic heterocycles. The van der Waals surface area contributed by atoms with Gasteiger partial charge >= 0.3 is 5.95 Å². The molecule has 0 spiro atoms. The molecular formula is C19H23N6O+. The van der Waals surface area contributed by atoms with Crippen molar-refractivity contribution in [2.24, 2.45) is 24.3 Å². The molecule has 3 aromatic rings. The summed E-state index contributed by atoms with van der Waals surface area (Å²) in [6.45, 7) is 1.58. The van der Waals surface area contributed by atoms with Crippen molar-refractivity contribution in [1.29, 1.82) is 0 Å². The number of nitrogens with zero attached hydrogens (tertiary/aromatic N) is 5. The quantitative estimate of drug-likeness (QED) is 0.432. The van der Waals surface area contributed by atoms with Crippen molar-refractivity contribution in [3.8, 4) is 0 Å². The monoisotopic (exact) mass is 351 g/mol. The molecule has 2 aromatic carbocycles. The van der Waals surface area contributed by atoms with Crippen LogP contribution >= 0.6 is 0 Å². The zero-order valence-electron chi connectivity index (χ0n) is 15.0. The SMILES string of the molecule is Cn1c(N=Nc2ccc(N3CCC(O)C3)cc2)[n+](C)c2ccc(N)cc21. The van der Waals surface area contributed by atoms with Gasteiger partial charge in [0, 0.05) is 35.6 Å². The van der Waals surface area contributed by atoms with Gasteiger partial charge in [-0.2, -0.15) is 0 Å². The standard InChI is InChI=1S/C19H23N6O/c1-23-17-8-3-13(20)11-18(17)24(2)19(23)22-21-14-4-6-15(7-5-14)25-10-9-16(26)12-25/h3-8,11,16,26H,9-10,12,20H2,1-2H3/q+1. The molecule has 26 heavy (non-hydrogen) atoms. The van der Waals surface area contributed by atoms with E-state index in [1.165, 1.54) is 0 Å². The van der Waals surface area contributed by atoms with E-state index in [1.807, 2.05) is 65.7 Å². The minimum absolute atomic E-state index is 0.227. The van der Waals surface area contributed by atoms with Gasteiger partial charge in [-0.25, -0.2) is 9.13 Å². The van der Waals surface area contributed by atoms with Crippen LogP contribution in [-0.4, -0.2) is 28.9 Å². The van der Waals surface area contributed by atoms with E-state index in [9.17, 15) is 5.11 Å². The topological polar surface area (TPSA) is 83.0 Å². The number of nitrogens with two attached hydrogens (primary N) is 1. The number of benzene rings is 2. The first-order valence-electron chi connectivity index (χ1n) is 8.71. The van der Waals surface area contributed by atoms with Gasteiger partial charge < -0.3 is 15.7 Å². The molecule has 1 aliphatic rings. The van der Waals surface area contributed by atoms with Crippen molar-refractivity contribution in [2.45, 2.75) is 12.5 Å². The first kappa shape index (κ1) is 16.5. The van der Waals surface area contributed by atoms with E-state index in [2.05, 4.69) is 15.1 Å². The third-order valence-electron chi connectivity index (χ3n) is 4.96. The van der Waals surface area contributed by atoms with Gasteiger partial charge in [0.25, 0.3) is 0 Å². The number of aromatic nitrogens is 2. The number of rotatable bonds is 3. The van der Waals surface area contributed by atoms with Crippen LogP contribution in [0.2, 0.25) is 0 Å². The molecule has 0 amide bonds. The number of hydrogen-bond donors (Lipinski definition) is 2. The van der Waals surface area contributed by atoms with E-state index < -0.39 is 0 Å². The molecule has 1 aromatic heterocycles. The molecule has 0 aliphatic carbocycles. The van der Waals surface area contributed by atoms with Crippen LogP contribution in [0.25, 0.3) is 11.0 Å². The first-order valence-corrected chi connectivity index (χ1v) is 8.71. The van der Waals surface area contributed by atoms with Crippen LogP contribution in [0.5, 0.6) is 0 Å². The smallest absolute Gasteiger partial charge is 0.399 e. The number of hydrogen-bond acceptors (Lipinski definition) is 5. The molecular weight excluding hydrogens is 328 g/mol. The fourth-order valence-corrected chi connectivity index (χ4v) is 3.48. The lowest BCUT2D eigenvalue weighted by molar-refractivity contribution is -0.632. The summed E-state index contributed by atoms with van der Waals surface area (Å²) in [5.74, 6) is 0.748. The second kappa shape index (κ2) is 6.42. The molecule has 1 saturated heterocycles. The summed E-state index contributed by atoms with van der Waals surface area (Å²) in [7, 11) is 3.92. The van der Waals surface area contributed by atoms with Crippen molar-refractivity contribution < 1.29 is 9.67 Å². The fraction of sp³-hybridized carbons (Fsp3) is 0.316. The fourth-order valence-electron chi connectivity index (χ4n) is 3.48. The van der Waals surface area contributed by atoms with Gasteiger partial charge in [0.05, 0.1) is 20.2 Å². The van der Waals surface area contributed by atoms with E-state index >= 15 is 0 Å². The summed E-state index contributed by atoms with van der Waals surface area (Å²) < 4.78 is 3.98. The molecule has 0 radical (unpaired) electrons. The number of aliphatic hydroxyl groups is 1. The van der Waals surface area contributed by atoms with Gasteiger partial charge in [0.15, 0.2) is 0 Å². The van der Waals surface area contributed by atoms with Crippen LogP contribution in [0.1, 0.15) is 6.42 Å². The number of imidazole rings is 1. The second-order valence-electron chi connectivity index (χ2n) is 6.77. The number of aryl methyl sites for hydroxylation is 2. The Kier molecular flexibility index (Phi) is 4.08. The van der Waals surface area contributed by atoms with Crippen LogP contribution in [0.15, 0.2) is 52.7 Å².